The summed E-state index contributed by atoms with van der Waals surface area (Å²) in [5.74, 6) is 0. The van der Waals surface area contributed by atoms with E-state index in [1.54, 1.807) is 35.2 Å². The van der Waals surface area contributed by atoms with Crippen LogP contribution in [0.1, 0.15) is 16.7 Å². The number of fused-ring (bicyclic) bond motifs is 1. The summed E-state index contributed by atoms with van der Waals surface area (Å²) in [5.41, 5.74) is 4.15. The van der Waals surface area contributed by atoms with E-state index in [-0.39, 0.29) is 10.6 Å². The fraction of sp³-hybridized carbons (Fsp3) is 0.188. The molecule has 0 atom stereocenters. The molecule has 3 rings (SSSR count). The Morgan fingerprint density at radius 3 is 2.45 bits per heavy atom. The number of hydrogen-bond donors (Lipinski definition) is 0. The van der Waals surface area contributed by atoms with Gasteiger partial charge in [-0.2, -0.15) is 0 Å². The van der Waals surface area contributed by atoms with Gasteiger partial charge < -0.3 is 0 Å². The van der Waals surface area contributed by atoms with Gasteiger partial charge in [0.25, 0.3) is 5.69 Å². The lowest BCUT2D eigenvalue weighted by Gasteiger charge is -2.07. The zero-order valence-electron chi connectivity index (χ0n) is 12.4. The van der Waals surface area contributed by atoms with Gasteiger partial charge in [-0.05, 0) is 49.6 Å². The molecule has 0 unspecified atom stereocenters. The smallest absolute Gasteiger partial charge is 0.258 e. The van der Waals surface area contributed by atoms with Crippen LogP contribution in [-0.4, -0.2) is 9.91 Å². The average molecular weight is 330 g/mol. The molecular formula is C16H14N2O2S2. The Labute approximate surface area is 136 Å². The molecule has 4 nitrogen and oxygen atoms in total. The summed E-state index contributed by atoms with van der Waals surface area (Å²) in [5, 5.41) is 10.9. The van der Waals surface area contributed by atoms with Crippen molar-refractivity contribution in [3.05, 3.63) is 57.1 Å². The topological polar surface area (TPSA) is 56.0 Å². The highest BCUT2D eigenvalue weighted by molar-refractivity contribution is 8.01. The number of benzene rings is 2. The van der Waals surface area contributed by atoms with E-state index < -0.39 is 0 Å². The molecule has 112 valence electrons. The lowest BCUT2D eigenvalue weighted by molar-refractivity contribution is -0.385. The van der Waals surface area contributed by atoms with Crippen molar-refractivity contribution in [3.8, 4) is 0 Å². The largest absolute Gasteiger partial charge is 0.270 e. The number of nitro groups is 1. The van der Waals surface area contributed by atoms with Gasteiger partial charge in [0.15, 0.2) is 4.34 Å². The molecule has 0 saturated carbocycles. The molecule has 0 spiro atoms. The first kappa shape index (κ1) is 15.0. The lowest BCUT2D eigenvalue weighted by Crippen LogP contribution is -1.92. The van der Waals surface area contributed by atoms with E-state index in [1.807, 2.05) is 13.8 Å². The van der Waals surface area contributed by atoms with Crippen molar-refractivity contribution in [2.24, 2.45) is 0 Å². The Bertz CT molecular complexity index is 864. The third-order valence-electron chi connectivity index (χ3n) is 3.37. The summed E-state index contributed by atoms with van der Waals surface area (Å²) in [6.07, 6.45) is 0. The van der Waals surface area contributed by atoms with Crippen LogP contribution >= 0.6 is 23.1 Å². The van der Waals surface area contributed by atoms with Crippen molar-refractivity contribution in [1.82, 2.24) is 4.98 Å². The Hall–Kier alpha value is -1.92. The van der Waals surface area contributed by atoms with Crippen molar-refractivity contribution in [1.29, 1.82) is 0 Å². The maximum absolute atomic E-state index is 10.9. The standard InChI is InChI=1S/C16H14N2O2S2/c1-9-4-5-14-13(6-9)17-16(21-14)22-15-10(2)7-12(18(19)20)8-11(15)3/h4-8H,1-3H3. The second-order valence-corrected chi connectivity index (χ2v) is 7.51. The lowest BCUT2D eigenvalue weighted by atomic mass is 10.1. The molecule has 0 fully saturated rings. The van der Waals surface area contributed by atoms with E-state index in [4.69, 9.17) is 0 Å². The molecule has 1 heterocycles. The molecule has 6 heteroatoms. The van der Waals surface area contributed by atoms with Gasteiger partial charge >= 0.3 is 0 Å². The first-order valence-electron chi connectivity index (χ1n) is 6.75. The van der Waals surface area contributed by atoms with Crippen molar-refractivity contribution >= 4 is 39.0 Å². The summed E-state index contributed by atoms with van der Waals surface area (Å²) in [6.45, 7) is 5.86. The van der Waals surface area contributed by atoms with Gasteiger partial charge in [0.05, 0.1) is 15.1 Å². The van der Waals surface area contributed by atoms with Gasteiger partial charge in [0.1, 0.15) is 0 Å². The molecular weight excluding hydrogens is 316 g/mol. The van der Waals surface area contributed by atoms with Gasteiger partial charge in [-0.25, -0.2) is 4.98 Å². The van der Waals surface area contributed by atoms with E-state index >= 15 is 0 Å². The van der Waals surface area contributed by atoms with E-state index in [1.165, 1.54) is 5.56 Å². The van der Waals surface area contributed by atoms with Crippen LogP contribution in [0.5, 0.6) is 0 Å². The van der Waals surface area contributed by atoms with Crippen LogP contribution in [0.4, 0.5) is 5.69 Å². The summed E-state index contributed by atoms with van der Waals surface area (Å²) in [6, 6.07) is 9.48. The van der Waals surface area contributed by atoms with Crippen LogP contribution in [0, 0.1) is 30.9 Å². The van der Waals surface area contributed by atoms with Crippen LogP contribution in [0.15, 0.2) is 39.6 Å². The molecule has 0 aliphatic heterocycles. The normalized spacial score (nSPS) is 11.0. The highest BCUT2D eigenvalue weighted by Crippen LogP contribution is 2.38. The summed E-state index contributed by atoms with van der Waals surface area (Å²) >= 11 is 3.22. The Kier molecular flexibility index (Phi) is 3.88. The quantitative estimate of drug-likeness (QED) is 0.484. The monoisotopic (exact) mass is 330 g/mol. The number of aromatic nitrogens is 1. The summed E-state index contributed by atoms with van der Waals surface area (Å²) < 4.78 is 2.12. The molecule has 0 aliphatic carbocycles. The molecule has 0 saturated heterocycles. The fourth-order valence-corrected chi connectivity index (χ4v) is 4.46. The highest BCUT2D eigenvalue weighted by Gasteiger charge is 2.14. The van der Waals surface area contributed by atoms with Crippen molar-refractivity contribution < 1.29 is 4.92 Å². The Morgan fingerprint density at radius 2 is 1.82 bits per heavy atom. The van der Waals surface area contributed by atoms with Crippen molar-refractivity contribution in [2.45, 2.75) is 30.0 Å². The maximum atomic E-state index is 10.9. The predicted molar refractivity (Wildman–Crippen MR) is 91.1 cm³/mol. The van der Waals surface area contributed by atoms with Crippen molar-refractivity contribution in [2.75, 3.05) is 0 Å². The van der Waals surface area contributed by atoms with Gasteiger partial charge in [0, 0.05) is 17.0 Å². The van der Waals surface area contributed by atoms with Gasteiger partial charge in [-0.1, -0.05) is 17.8 Å². The molecule has 0 N–H and O–H groups in total. The second-order valence-electron chi connectivity index (χ2n) is 5.22. The number of hydrogen-bond acceptors (Lipinski definition) is 5. The first-order valence-corrected chi connectivity index (χ1v) is 8.38. The maximum Gasteiger partial charge on any atom is 0.270 e. The number of nitrogens with zero attached hydrogens (tertiary/aromatic N) is 2. The molecule has 0 radical (unpaired) electrons. The van der Waals surface area contributed by atoms with Crippen molar-refractivity contribution in [3.63, 3.8) is 0 Å². The van der Waals surface area contributed by atoms with E-state index in [0.29, 0.717) is 0 Å². The van der Waals surface area contributed by atoms with Crippen LogP contribution in [0.25, 0.3) is 10.2 Å². The van der Waals surface area contributed by atoms with Crippen LogP contribution < -0.4 is 0 Å². The molecule has 22 heavy (non-hydrogen) atoms. The van der Waals surface area contributed by atoms with E-state index in [2.05, 4.69) is 30.1 Å². The van der Waals surface area contributed by atoms with Gasteiger partial charge in [-0.3, -0.25) is 10.1 Å². The molecule has 0 bridgehead atoms. The Morgan fingerprint density at radius 1 is 1.14 bits per heavy atom. The zero-order chi connectivity index (χ0) is 15.9. The average Bonchev–Trinajstić information content (AvgIpc) is 2.84. The number of thiazole rings is 1. The number of aryl methyl sites for hydroxylation is 3. The summed E-state index contributed by atoms with van der Waals surface area (Å²) in [4.78, 5) is 16.3. The SMILES string of the molecule is Cc1ccc2sc(Sc3c(C)cc([N+](=O)[O-])cc3C)nc2c1. The molecule has 0 aliphatic rings. The Balaban J connectivity index is 1.99. The molecule has 3 aromatic rings. The highest BCUT2D eigenvalue weighted by atomic mass is 32.2. The van der Waals surface area contributed by atoms with Crippen LogP contribution in [-0.2, 0) is 0 Å². The van der Waals surface area contributed by atoms with Crippen LogP contribution in [0.3, 0.4) is 0 Å². The molecule has 0 amide bonds. The van der Waals surface area contributed by atoms with Gasteiger partial charge in [-0.15, -0.1) is 11.3 Å². The van der Waals surface area contributed by atoms with E-state index in [0.717, 1.165) is 30.6 Å². The number of nitro benzene ring substituents is 1. The van der Waals surface area contributed by atoms with Gasteiger partial charge in [0.2, 0.25) is 0 Å². The van der Waals surface area contributed by atoms with E-state index in [9.17, 15) is 10.1 Å². The molecule has 2 aromatic carbocycles. The first-order chi connectivity index (χ1) is 10.4. The minimum Gasteiger partial charge on any atom is -0.258 e. The van der Waals surface area contributed by atoms with Crippen LogP contribution in [0.2, 0.25) is 0 Å². The minimum absolute atomic E-state index is 0.138. The fourth-order valence-electron chi connectivity index (χ4n) is 2.34. The molecule has 1 aromatic heterocycles. The third-order valence-corrected chi connectivity index (χ3v) is 5.81. The summed E-state index contributed by atoms with van der Waals surface area (Å²) in [7, 11) is 0. The number of non-ortho nitro benzene ring substituents is 1. The predicted octanol–water partition coefficient (Wildman–Crippen LogP) is 5.28. The second kappa shape index (κ2) is 5.70. The number of rotatable bonds is 3. The zero-order valence-corrected chi connectivity index (χ0v) is 14.0. The minimum atomic E-state index is -0.352. The third kappa shape index (κ3) is 2.84.